The Hall–Kier alpha value is -0.530. The second-order valence-corrected chi connectivity index (χ2v) is 5.92. The molecule has 0 heterocycles. The molecule has 2 saturated carbocycles. The first-order chi connectivity index (χ1) is 9.78. The van der Waals surface area contributed by atoms with Gasteiger partial charge in [0.15, 0.2) is 5.96 Å². The zero-order valence-electron chi connectivity index (χ0n) is 13.0. The van der Waals surface area contributed by atoms with E-state index in [0.717, 1.165) is 31.8 Å². The number of carbonyl (C=O) groups excluding carboxylic acids is 1. The van der Waals surface area contributed by atoms with Gasteiger partial charge in [0.05, 0.1) is 0 Å². The number of nitrogens with zero attached hydrogens (tertiary/aromatic N) is 1. The predicted octanol–water partition coefficient (Wildman–Crippen LogP) is 2.16. The summed E-state index contributed by atoms with van der Waals surface area (Å²) < 4.78 is 0. The van der Waals surface area contributed by atoms with Gasteiger partial charge in [-0.1, -0.05) is 19.3 Å². The maximum atomic E-state index is 11.5. The lowest BCUT2D eigenvalue weighted by atomic mass is 9.96. The lowest BCUT2D eigenvalue weighted by Crippen LogP contribution is -2.44. The lowest BCUT2D eigenvalue weighted by molar-refractivity contribution is -0.121. The second kappa shape index (κ2) is 10.2. The molecule has 0 saturated heterocycles. The third-order valence-electron chi connectivity index (χ3n) is 3.99. The lowest BCUT2D eigenvalue weighted by Gasteiger charge is -2.24. The highest BCUT2D eigenvalue weighted by atomic mass is 127. The van der Waals surface area contributed by atoms with E-state index in [1.807, 2.05) is 0 Å². The third-order valence-corrected chi connectivity index (χ3v) is 3.99. The van der Waals surface area contributed by atoms with Gasteiger partial charge in [-0.25, -0.2) is 0 Å². The molecule has 5 nitrogen and oxygen atoms in total. The van der Waals surface area contributed by atoms with Gasteiger partial charge in [0, 0.05) is 32.1 Å². The molecular formula is C15H29IN4O. The molecule has 0 spiro atoms. The molecule has 3 N–H and O–H groups in total. The first-order valence-electron chi connectivity index (χ1n) is 8.04. The molecule has 2 aliphatic carbocycles. The van der Waals surface area contributed by atoms with Gasteiger partial charge in [0.2, 0.25) is 5.91 Å². The van der Waals surface area contributed by atoms with Crippen molar-refractivity contribution in [1.82, 2.24) is 16.0 Å². The van der Waals surface area contributed by atoms with E-state index < -0.39 is 0 Å². The van der Waals surface area contributed by atoms with E-state index in [1.54, 1.807) is 7.05 Å². The number of nitrogens with one attached hydrogen (secondary N) is 3. The van der Waals surface area contributed by atoms with Crippen molar-refractivity contribution in [2.45, 2.75) is 69.9 Å². The van der Waals surface area contributed by atoms with Gasteiger partial charge in [0.25, 0.3) is 0 Å². The molecule has 0 atom stereocenters. The maximum Gasteiger partial charge on any atom is 0.220 e. The quantitative estimate of drug-likeness (QED) is 0.273. The number of carbonyl (C=O) groups is 1. The Bertz CT molecular complexity index is 339. The summed E-state index contributed by atoms with van der Waals surface area (Å²) in [5.74, 6) is 1.06. The van der Waals surface area contributed by atoms with E-state index in [9.17, 15) is 4.79 Å². The normalized spacial score (nSPS) is 19.6. The predicted molar refractivity (Wildman–Crippen MR) is 97.2 cm³/mol. The van der Waals surface area contributed by atoms with Gasteiger partial charge < -0.3 is 16.0 Å². The topological polar surface area (TPSA) is 65.5 Å². The standard InChI is InChI=1S/C15H28N4O.HI/c1-16-15(19-12-6-3-2-4-7-12)17-11-5-8-14(20)18-13-9-10-13;/h12-13H,2-11H2,1H3,(H,18,20)(H2,16,17,19);1H. The van der Waals surface area contributed by atoms with E-state index in [-0.39, 0.29) is 29.9 Å². The van der Waals surface area contributed by atoms with Gasteiger partial charge in [-0.3, -0.25) is 9.79 Å². The number of amides is 1. The molecule has 0 aromatic heterocycles. The Morgan fingerprint density at radius 3 is 2.33 bits per heavy atom. The fourth-order valence-electron chi connectivity index (χ4n) is 2.62. The van der Waals surface area contributed by atoms with Crippen LogP contribution < -0.4 is 16.0 Å². The molecule has 0 unspecified atom stereocenters. The first-order valence-corrected chi connectivity index (χ1v) is 8.04. The Labute approximate surface area is 145 Å². The Kier molecular flexibility index (Phi) is 9.03. The van der Waals surface area contributed by atoms with E-state index in [4.69, 9.17) is 0 Å². The summed E-state index contributed by atoms with van der Waals surface area (Å²) in [6.45, 7) is 0.796. The van der Waals surface area contributed by atoms with Crippen LogP contribution in [0.2, 0.25) is 0 Å². The van der Waals surface area contributed by atoms with E-state index >= 15 is 0 Å². The van der Waals surface area contributed by atoms with Crippen LogP contribution in [0.15, 0.2) is 4.99 Å². The fourth-order valence-corrected chi connectivity index (χ4v) is 2.62. The molecule has 6 heteroatoms. The van der Waals surface area contributed by atoms with Crippen LogP contribution in [0, 0.1) is 0 Å². The van der Waals surface area contributed by atoms with Crippen LogP contribution in [-0.2, 0) is 4.79 Å². The molecular weight excluding hydrogens is 379 g/mol. The largest absolute Gasteiger partial charge is 0.356 e. The van der Waals surface area contributed by atoms with Crippen molar-refractivity contribution in [3.63, 3.8) is 0 Å². The molecule has 122 valence electrons. The van der Waals surface area contributed by atoms with Crippen molar-refractivity contribution < 1.29 is 4.79 Å². The van der Waals surface area contributed by atoms with Crippen molar-refractivity contribution in [2.24, 2.45) is 4.99 Å². The minimum Gasteiger partial charge on any atom is -0.356 e. The molecule has 0 bridgehead atoms. The molecule has 2 aliphatic rings. The number of aliphatic imine (C=N–C) groups is 1. The summed E-state index contributed by atoms with van der Waals surface area (Å²) in [7, 11) is 1.80. The highest BCUT2D eigenvalue weighted by Gasteiger charge is 2.22. The molecule has 0 radical (unpaired) electrons. The Balaban J connectivity index is 0.00000220. The Morgan fingerprint density at radius 1 is 1.05 bits per heavy atom. The summed E-state index contributed by atoms with van der Waals surface area (Å²) in [5.41, 5.74) is 0. The Morgan fingerprint density at radius 2 is 1.71 bits per heavy atom. The monoisotopic (exact) mass is 408 g/mol. The number of rotatable bonds is 6. The minimum absolute atomic E-state index is 0. The van der Waals surface area contributed by atoms with E-state index in [1.165, 1.54) is 32.1 Å². The molecule has 0 aromatic carbocycles. The van der Waals surface area contributed by atoms with Gasteiger partial charge in [-0.2, -0.15) is 0 Å². The van der Waals surface area contributed by atoms with Crippen molar-refractivity contribution in [2.75, 3.05) is 13.6 Å². The van der Waals surface area contributed by atoms with Crippen LogP contribution in [0.4, 0.5) is 0 Å². The van der Waals surface area contributed by atoms with Gasteiger partial charge >= 0.3 is 0 Å². The maximum absolute atomic E-state index is 11.5. The van der Waals surface area contributed by atoms with Crippen molar-refractivity contribution >= 4 is 35.8 Å². The zero-order chi connectivity index (χ0) is 14.2. The highest BCUT2D eigenvalue weighted by molar-refractivity contribution is 14.0. The third kappa shape index (κ3) is 7.87. The molecule has 21 heavy (non-hydrogen) atoms. The van der Waals surface area contributed by atoms with E-state index in [2.05, 4.69) is 20.9 Å². The second-order valence-electron chi connectivity index (χ2n) is 5.92. The molecule has 0 aliphatic heterocycles. The molecule has 2 rings (SSSR count). The number of hydrogen-bond donors (Lipinski definition) is 3. The SMILES string of the molecule is CN=C(NCCCC(=O)NC1CC1)NC1CCCCC1.I. The van der Waals surface area contributed by atoms with Crippen molar-refractivity contribution in [1.29, 1.82) is 0 Å². The molecule has 0 aromatic rings. The number of halogens is 1. The van der Waals surface area contributed by atoms with Crippen molar-refractivity contribution in [3.8, 4) is 0 Å². The summed E-state index contributed by atoms with van der Waals surface area (Å²) >= 11 is 0. The van der Waals surface area contributed by atoms with Gasteiger partial charge in [-0.15, -0.1) is 24.0 Å². The molecule has 2 fully saturated rings. The fraction of sp³-hybridized carbons (Fsp3) is 0.867. The average molecular weight is 408 g/mol. The average Bonchev–Trinajstić information content (AvgIpc) is 3.27. The summed E-state index contributed by atoms with van der Waals surface area (Å²) in [6.07, 6.45) is 10.2. The number of guanidine groups is 1. The smallest absolute Gasteiger partial charge is 0.220 e. The summed E-state index contributed by atoms with van der Waals surface area (Å²) in [4.78, 5) is 15.8. The molecule has 1 amide bonds. The summed E-state index contributed by atoms with van der Waals surface area (Å²) in [5, 5.41) is 9.78. The zero-order valence-corrected chi connectivity index (χ0v) is 15.3. The van der Waals surface area contributed by atoms with Crippen LogP contribution in [0.3, 0.4) is 0 Å². The van der Waals surface area contributed by atoms with Crippen LogP contribution in [0.25, 0.3) is 0 Å². The van der Waals surface area contributed by atoms with Crippen molar-refractivity contribution in [3.05, 3.63) is 0 Å². The first kappa shape index (κ1) is 18.5. The summed E-state index contributed by atoms with van der Waals surface area (Å²) in [6, 6.07) is 1.03. The van der Waals surface area contributed by atoms with Crippen LogP contribution >= 0.6 is 24.0 Å². The minimum atomic E-state index is 0. The van der Waals surface area contributed by atoms with Crippen LogP contribution in [0.1, 0.15) is 57.8 Å². The van der Waals surface area contributed by atoms with E-state index in [0.29, 0.717) is 18.5 Å². The number of hydrogen-bond acceptors (Lipinski definition) is 2. The highest BCUT2D eigenvalue weighted by Crippen LogP contribution is 2.18. The van der Waals surface area contributed by atoms with Gasteiger partial charge in [0.1, 0.15) is 0 Å². The van der Waals surface area contributed by atoms with Crippen LogP contribution in [-0.4, -0.2) is 37.5 Å². The van der Waals surface area contributed by atoms with Crippen LogP contribution in [0.5, 0.6) is 0 Å². The van der Waals surface area contributed by atoms with Gasteiger partial charge in [-0.05, 0) is 32.1 Å².